The summed E-state index contributed by atoms with van der Waals surface area (Å²) in [5, 5.41) is 0. The van der Waals surface area contributed by atoms with Crippen molar-refractivity contribution in [1.82, 2.24) is 4.57 Å². The van der Waals surface area contributed by atoms with Gasteiger partial charge in [0.15, 0.2) is 0 Å². The van der Waals surface area contributed by atoms with E-state index in [-0.39, 0.29) is 6.61 Å². The molecule has 7 heteroatoms. The summed E-state index contributed by atoms with van der Waals surface area (Å²) in [6, 6.07) is 0. The maximum absolute atomic E-state index is 9.45. The van der Waals surface area contributed by atoms with Gasteiger partial charge in [0.1, 0.15) is 12.4 Å². The van der Waals surface area contributed by atoms with Gasteiger partial charge in [0, 0.05) is 0 Å². The lowest BCUT2D eigenvalue weighted by Crippen LogP contribution is -2.23. The molecule has 0 radical (unpaired) electrons. The van der Waals surface area contributed by atoms with Crippen molar-refractivity contribution in [3.63, 3.8) is 0 Å². The van der Waals surface area contributed by atoms with E-state index in [1.807, 2.05) is 34.9 Å². The number of rotatable bonds is 3. The summed E-state index contributed by atoms with van der Waals surface area (Å²) >= 11 is 0. The minimum absolute atomic E-state index is 0.0914. The molecule has 0 aliphatic carbocycles. The molecule has 0 saturated carbocycles. The van der Waals surface area contributed by atoms with Crippen LogP contribution in [-0.4, -0.2) is 24.1 Å². The number of hydrogen-bond donors (Lipinski definition) is 0. The number of aromatic nitrogens is 2. The highest BCUT2D eigenvalue weighted by Crippen LogP contribution is 1.81. The number of hydrogen-bond acceptors (Lipinski definition) is 4. The Kier molecular flexibility index (Phi) is 5.83. The predicted octanol–water partition coefficient (Wildman–Crippen LogP) is -0.104. The minimum atomic E-state index is -4.42. The molecule has 1 aromatic heterocycles. The molecule has 0 bridgehead atoms. The van der Waals surface area contributed by atoms with Gasteiger partial charge in [0.25, 0.3) is 0 Å². The van der Waals surface area contributed by atoms with Crippen LogP contribution in [0.1, 0.15) is 6.92 Å². The molecule has 0 unspecified atom stereocenters. The lowest BCUT2D eigenvalue weighted by molar-refractivity contribution is -0.670. The molecule has 0 spiro atoms. The van der Waals surface area contributed by atoms with Crippen LogP contribution in [0.15, 0.2) is 25.3 Å². The van der Waals surface area contributed by atoms with Crippen LogP contribution >= 0.6 is 0 Å². The highest BCUT2D eigenvalue weighted by molar-refractivity contribution is 7.80. The molecular weight excluding hydrogens is 220 g/mol. The maximum Gasteiger partial charge on any atom is 0.248 e. The van der Waals surface area contributed by atoms with Crippen molar-refractivity contribution in [2.45, 2.75) is 6.92 Å². The van der Waals surface area contributed by atoms with E-state index in [1.165, 1.54) is 6.92 Å². The molecule has 0 aliphatic heterocycles. The van der Waals surface area contributed by atoms with Gasteiger partial charge in [-0.3, -0.25) is 4.18 Å². The van der Waals surface area contributed by atoms with Crippen molar-refractivity contribution in [1.29, 1.82) is 0 Å². The van der Waals surface area contributed by atoms with Crippen LogP contribution in [0.2, 0.25) is 0 Å². The zero-order chi connectivity index (χ0) is 11.9. The van der Waals surface area contributed by atoms with Crippen LogP contribution in [-0.2, 0) is 21.6 Å². The molecule has 0 aromatic carbocycles. The molecule has 86 valence electrons. The lowest BCUT2D eigenvalue weighted by Gasteiger charge is -2.02. The fourth-order valence-electron chi connectivity index (χ4n) is 0.722. The summed E-state index contributed by atoms with van der Waals surface area (Å²) in [6.07, 6.45) is 7.58. The Balaban J connectivity index is 0.000000265. The van der Waals surface area contributed by atoms with E-state index in [2.05, 4.69) is 10.8 Å². The van der Waals surface area contributed by atoms with Crippen molar-refractivity contribution in [3.8, 4) is 0 Å². The fraction of sp³-hybridized carbons (Fsp3) is 0.375. The highest BCUT2D eigenvalue weighted by atomic mass is 32.3. The van der Waals surface area contributed by atoms with Crippen LogP contribution in [0, 0.1) is 0 Å². The number of nitrogens with zero attached hydrogens (tertiary/aromatic N) is 2. The van der Waals surface area contributed by atoms with Gasteiger partial charge in [-0.05, 0) is 6.92 Å². The molecule has 1 aromatic rings. The number of imidazole rings is 1. The monoisotopic (exact) mass is 234 g/mol. The summed E-state index contributed by atoms with van der Waals surface area (Å²) < 4.78 is 35.9. The Bertz CT molecular complexity index is 397. The summed E-state index contributed by atoms with van der Waals surface area (Å²) in [7, 11) is -2.45. The maximum atomic E-state index is 9.45. The van der Waals surface area contributed by atoms with Gasteiger partial charge < -0.3 is 4.55 Å². The first-order valence-corrected chi connectivity index (χ1v) is 5.48. The van der Waals surface area contributed by atoms with E-state index in [1.54, 1.807) is 6.20 Å². The number of aryl methyl sites for hydroxylation is 1. The zero-order valence-corrected chi connectivity index (χ0v) is 9.48. The van der Waals surface area contributed by atoms with Crippen LogP contribution < -0.4 is 4.57 Å². The van der Waals surface area contributed by atoms with Crippen molar-refractivity contribution in [2.24, 2.45) is 7.05 Å². The summed E-state index contributed by atoms with van der Waals surface area (Å²) in [6.45, 7) is 4.93. The van der Waals surface area contributed by atoms with Gasteiger partial charge in [-0.1, -0.05) is 6.58 Å². The van der Waals surface area contributed by atoms with E-state index in [4.69, 9.17) is 0 Å². The molecule has 0 N–H and O–H groups in total. The zero-order valence-electron chi connectivity index (χ0n) is 8.66. The fourth-order valence-corrected chi connectivity index (χ4v) is 1.01. The first-order chi connectivity index (χ1) is 6.89. The SMILES string of the molecule is C=Cn1cc[n+](C)c1.CCOS(=O)(=O)[O-]. The van der Waals surface area contributed by atoms with Crippen molar-refractivity contribution >= 4 is 16.6 Å². The molecule has 0 amide bonds. The van der Waals surface area contributed by atoms with Crippen LogP contribution in [0.3, 0.4) is 0 Å². The standard InChI is InChI=1S/C6H9N2.C2H6O4S/c1-3-8-5-4-7(2)6-8;1-2-6-7(3,4)5/h3-6H,1H2,2H3;2H2,1H3,(H,3,4,5)/q+1;/p-1. The van der Waals surface area contributed by atoms with E-state index in [9.17, 15) is 13.0 Å². The summed E-state index contributed by atoms with van der Waals surface area (Å²) in [5.41, 5.74) is 0. The van der Waals surface area contributed by atoms with Gasteiger partial charge in [0.05, 0.1) is 19.9 Å². The largest absolute Gasteiger partial charge is 0.726 e. The van der Waals surface area contributed by atoms with E-state index < -0.39 is 10.4 Å². The summed E-state index contributed by atoms with van der Waals surface area (Å²) in [4.78, 5) is 0. The smallest absolute Gasteiger partial charge is 0.248 e. The second kappa shape index (κ2) is 6.33. The average molecular weight is 234 g/mol. The van der Waals surface area contributed by atoms with Crippen LogP contribution in [0.25, 0.3) is 6.20 Å². The molecule has 0 aliphatic rings. The Morgan fingerprint density at radius 1 is 1.67 bits per heavy atom. The Morgan fingerprint density at radius 2 is 2.27 bits per heavy atom. The second-order valence-electron chi connectivity index (χ2n) is 2.52. The normalized spacial score (nSPS) is 10.3. The molecule has 0 saturated heterocycles. The first-order valence-electron chi connectivity index (χ1n) is 4.14. The third-order valence-corrected chi connectivity index (χ3v) is 1.79. The van der Waals surface area contributed by atoms with Gasteiger partial charge >= 0.3 is 0 Å². The Hall–Kier alpha value is -1.18. The molecular formula is C8H14N2O4S. The van der Waals surface area contributed by atoms with Gasteiger partial charge in [0.2, 0.25) is 16.7 Å². The predicted molar refractivity (Wildman–Crippen MR) is 53.3 cm³/mol. The highest BCUT2D eigenvalue weighted by Gasteiger charge is 1.90. The van der Waals surface area contributed by atoms with Crippen LogP contribution in [0.5, 0.6) is 0 Å². The quantitative estimate of drug-likeness (QED) is 0.415. The minimum Gasteiger partial charge on any atom is -0.726 e. The van der Waals surface area contributed by atoms with Gasteiger partial charge in [-0.2, -0.15) is 0 Å². The van der Waals surface area contributed by atoms with Crippen molar-refractivity contribution in [3.05, 3.63) is 25.3 Å². The summed E-state index contributed by atoms with van der Waals surface area (Å²) in [5.74, 6) is 0. The van der Waals surface area contributed by atoms with E-state index in [0.29, 0.717) is 0 Å². The Labute approximate surface area is 89.4 Å². The molecule has 15 heavy (non-hydrogen) atoms. The second-order valence-corrected chi connectivity index (χ2v) is 3.58. The van der Waals surface area contributed by atoms with Crippen molar-refractivity contribution in [2.75, 3.05) is 6.61 Å². The molecule has 1 rings (SSSR count). The third kappa shape index (κ3) is 7.86. The molecule has 1 heterocycles. The van der Waals surface area contributed by atoms with E-state index in [0.717, 1.165) is 0 Å². The topological polar surface area (TPSA) is 75.2 Å². The molecule has 0 atom stereocenters. The lowest BCUT2D eigenvalue weighted by atomic mass is 10.8. The Morgan fingerprint density at radius 3 is 2.40 bits per heavy atom. The third-order valence-electron chi connectivity index (χ3n) is 1.26. The van der Waals surface area contributed by atoms with Gasteiger partial charge in [-0.15, -0.1) is 0 Å². The van der Waals surface area contributed by atoms with Gasteiger partial charge in [-0.25, -0.2) is 17.6 Å². The molecule has 0 fully saturated rings. The molecule has 6 nitrogen and oxygen atoms in total. The average Bonchev–Trinajstić information content (AvgIpc) is 2.50. The van der Waals surface area contributed by atoms with E-state index >= 15 is 0 Å². The first kappa shape index (κ1) is 13.8. The van der Waals surface area contributed by atoms with Crippen molar-refractivity contribution < 1.29 is 21.7 Å². The van der Waals surface area contributed by atoms with Crippen LogP contribution in [0.4, 0.5) is 0 Å².